The fourth-order valence-corrected chi connectivity index (χ4v) is 6.13. The van der Waals surface area contributed by atoms with Gasteiger partial charge in [-0.05, 0) is 82.7 Å². The van der Waals surface area contributed by atoms with Gasteiger partial charge >= 0.3 is 5.97 Å². The van der Waals surface area contributed by atoms with Gasteiger partial charge < -0.3 is 14.9 Å². The number of nitrogens with one attached hydrogen (secondary N) is 1. The number of aliphatic hydroxyl groups is 1. The van der Waals surface area contributed by atoms with Crippen LogP contribution in [0.15, 0.2) is 73.1 Å². The van der Waals surface area contributed by atoms with Crippen molar-refractivity contribution < 1.29 is 19.7 Å². The molecule has 0 saturated carbocycles. The Morgan fingerprint density at radius 2 is 1.95 bits per heavy atom. The van der Waals surface area contributed by atoms with E-state index in [1.165, 1.54) is 34.0 Å². The number of carbonyl (C=O) groups is 1. The number of rotatable bonds is 12. The molecule has 0 spiro atoms. The van der Waals surface area contributed by atoms with Crippen molar-refractivity contribution >= 4 is 17.6 Å². The molecule has 0 fully saturated rings. The van der Waals surface area contributed by atoms with Crippen LogP contribution in [0.5, 0.6) is 5.75 Å². The third-order valence-corrected chi connectivity index (χ3v) is 8.64. The molecular weight excluding hydrogens is 574 g/mol. The first kappa shape index (κ1) is 31.2. The molecule has 1 aliphatic rings. The van der Waals surface area contributed by atoms with Crippen molar-refractivity contribution in [3.8, 4) is 22.9 Å². The fourth-order valence-electron chi connectivity index (χ4n) is 5.87. The summed E-state index contributed by atoms with van der Waals surface area (Å²) in [6.07, 6.45) is 5.86. The fraction of sp³-hybridized carbons (Fsp3) is 0.306. The Morgan fingerprint density at radius 1 is 1.14 bits per heavy atom. The minimum absolute atomic E-state index is 0.133. The summed E-state index contributed by atoms with van der Waals surface area (Å²) in [5.41, 5.74) is 9.37. The second-order valence-electron chi connectivity index (χ2n) is 11.6. The first-order chi connectivity index (χ1) is 21.3. The molecule has 0 aliphatic heterocycles. The quantitative estimate of drug-likeness (QED) is 0.162. The van der Waals surface area contributed by atoms with E-state index < -0.39 is 18.6 Å². The molecule has 0 saturated heterocycles. The largest absolute Gasteiger partial charge is 0.489 e. The molecule has 4 aromatic rings. The molecule has 0 amide bonds. The van der Waals surface area contributed by atoms with E-state index in [1.807, 2.05) is 12.1 Å². The van der Waals surface area contributed by atoms with E-state index in [-0.39, 0.29) is 19.1 Å². The van der Waals surface area contributed by atoms with Crippen LogP contribution in [0.4, 0.5) is 0 Å². The molecule has 8 heteroatoms. The number of nitrogens with zero attached hydrogens (tertiary/aromatic N) is 2. The standard InChI is InChI=1S/C36H36ClN3O4/c1-22(2)25-5-3-6-26(12-25)30-7-4-8-31-27(9-10-32(30)31)13-28-15-35(44-21-24-11-23(16-38)17-39-18-24)29(14-33(28)37)19-40-34(20-41)36(42)43/h3-8,11-12,14-15,17-18,22,27,34,40-41H,9-10,13,19-21H2,1-2H3,(H,42,43)/t27-,34?/m1/s1. The van der Waals surface area contributed by atoms with Gasteiger partial charge in [0.1, 0.15) is 24.5 Å². The highest BCUT2D eigenvalue weighted by atomic mass is 35.5. The second kappa shape index (κ2) is 14.0. The van der Waals surface area contributed by atoms with Crippen LogP contribution in [-0.2, 0) is 30.8 Å². The Labute approximate surface area is 263 Å². The van der Waals surface area contributed by atoms with Crippen molar-refractivity contribution in [2.24, 2.45) is 0 Å². The number of benzene rings is 3. The van der Waals surface area contributed by atoms with Crippen LogP contribution in [0.2, 0.25) is 5.02 Å². The third kappa shape index (κ3) is 7.11. The van der Waals surface area contributed by atoms with Crippen LogP contribution in [0.3, 0.4) is 0 Å². The van der Waals surface area contributed by atoms with Gasteiger partial charge in [0.05, 0.1) is 12.2 Å². The molecule has 3 N–H and O–H groups in total. The molecule has 0 radical (unpaired) electrons. The topological polar surface area (TPSA) is 115 Å². The van der Waals surface area contributed by atoms with Crippen LogP contribution in [-0.4, -0.2) is 33.8 Å². The SMILES string of the molecule is CC(C)c1cccc(-c2cccc3c2CC[C@@H]3Cc2cc(OCc3cncc(C#N)c3)c(CNC(CO)C(=O)O)cc2Cl)c1. The number of halogens is 1. The maximum atomic E-state index is 11.5. The molecule has 44 heavy (non-hydrogen) atoms. The summed E-state index contributed by atoms with van der Waals surface area (Å²) < 4.78 is 6.23. The Bertz CT molecular complexity index is 1700. The number of aliphatic carboxylic acids is 1. The molecule has 1 aliphatic carbocycles. The number of aliphatic hydroxyl groups excluding tert-OH is 1. The highest BCUT2D eigenvalue weighted by Gasteiger charge is 2.27. The number of hydrogen-bond acceptors (Lipinski definition) is 6. The average molecular weight is 610 g/mol. The second-order valence-corrected chi connectivity index (χ2v) is 12.0. The number of aromatic nitrogens is 1. The van der Waals surface area contributed by atoms with Crippen molar-refractivity contribution in [3.63, 3.8) is 0 Å². The van der Waals surface area contributed by atoms with E-state index in [0.717, 1.165) is 30.4 Å². The lowest BCUT2D eigenvalue weighted by atomic mass is 9.90. The number of carboxylic acids is 1. The summed E-state index contributed by atoms with van der Waals surface area (Å²) >= 11 is 6.85. The highest BCUT2D eigenvalue weighted by molar-refractivity contribution is 6.31. The van der Waals surface area contributed by atoms with Crippen molar-refractivity contribution in [2.45, 2.75) is 64.1 Å². The monoisotopic (exact) mass is 609 g/mol. The lowest BCUT2D eigenvalue weighted by molar-refractivity contribution is -0.140. The number of hydrogen-bond donors (Lipinski definition) is 3. The van der Waals surface area contributed by atoms with Crippen LogP contribution < -0.4 is 10.1 Å². The van der Waals surface area contributed by atoms with Gasteiger partial charge in [0.15, 0.2) is 0 Å². The Balaban J connectivity index is 1.42. The Kier molecular flexibility index (Phi) is 9.96. The molecular formula is C36H36ClN3O4. The molecule has 3 aromatic carbocycles. The number of ether oxygens (including phenoxy) is 1. The van der Waals surface area contributed by atoms with E-state index in [2.05, 4.69) is 72.7 Å². The average Bonchev–Trinajstić information content (AvgIpc) is 3.44. The smallest absolute Gasteiger partial charge is 0.323 e. The normalized spacial score (nSPS) is 14.7. The maximum Gasteiger partial charge on any atom is 0.323 e. The van der Waals surface area contributed by atoms with Crippen molar-refractivity contribution in [1.29, 1.82) is 5.26 Å². The summed E-state index contributed by atoms with van der Waals surface area (Å²) in [7, 11) is 0. The number of nitriles is 1. The lowest BCUT2D eigenvalue weighted by Gasteiger charge is -2.19. The Hall–Kier alpha value is -4.22. The zero-order valence-electron chi connectivity index (χ0n) is 24.9. The predicted octanol–water partition coefficient (Wildman–Crippen LogP) is 6.78. The van der Waals surface area contributed by atoms with E-state index in [1.54, 1.807) is 12.3 Å². The maximum absolute atomic E-state index is 11.5. The van der Waals surface area contributed by atoms with Gasteiger partial charge in [-0.15, -0.1) is 0 Å². The lowest BCUT2D eigenvalue weighted by Crippen LogP contribution is -2.39. The molecule has 1 heterocycles. The van der Waals surface area contributed by atoms with Gasteiger partial charge in [0.2, 0.25) is 0 Å². The Morgan fingerprint density at radius 3 is 2.70 bits per heavy atom. The first-order valence-corrected chi connectivity index (χ1v) is 15.2. The van der Waals surface area contributed by atoms with Crippen molar-refractivity contribution in [3.05, 3.63) is 117 Å². The van der Waals surface area contributed by atoms with Crippen LogP contribution >= 0.6 is 11.6 Å². The summed E-state index contributed by atoms with van der Waals surface area (Å²) in [6, 6.07) is 21.8. The van der Waals surface area contributed by atoms with Gasteiger partial charge in [-0.3, -0.25) is 15.1 Å². The van der Waals surface area contributed by atoms with Crippen molar-refractivity contribution in [1.82, 2.24) is 10.3 Å². The molecule has 2 atom stereocenters. The summed E-state index contributed by atoms with van der Waals surface area (Å²) in [6.45, 7) is 4.18. The zero-order valence-corrected chi connectivity index (χ0v) is 25.6. The number of fused-ring (bicyclic) bond motifs is 1. The van der Waals surface area contributed by atoms with Crippen LogP contribution in [0, 0.1) is 11.3 Å². The van der Waals surface area contributed by atoms with E-state index in [4.69, 9.17) is 16.3 Å². The molecule has 7 nitrogen and oxygen atoms in total. The van der Waals surface area contributed by atoms with Gasteiger partial charge in [-0.25, -0.2) is 0 Å². The summed E-state index contributed by atoms with van der Waals surface area (Å²) in [4.78, 5) is 15.6. The van der Waals surface area contributed by atoms with Crippen LogP contribution in [0.25, 0.3) is 11.1 Å². The minimum Gasteiger partial charge on any atom is -0.489 e. The molecule has 5 rings (SSSR count). The van der Waals surface area contributed by atoms with E-state index in [9.17, 15) is 20.3 Å². The summed E-state index contributed by atoms with van der Waals surface area (Å²) in [5, 5.41) is 31.5. The van der Waals surface area contributed by atoms with E-state index >= 15 is 0 Å². The minimum atomic E-state index is -1.15. The predicted molar refractivity (Wildman–Crippen MR) is 171 cm³/mol. The molecule has 1 aromatic heterocycles. The number of carboxylic acid groups (broad SMARTS) is 1. The molecule has 226 valence electrons. The highest BCUT2D eigenvalue weighted by Crippen LogP contribution is 2.42. The van der Waals surface area contributed by atoms with Gasteiger partial charge in [-0.1, -0.05) is 67.9 Å². The van der Waals surface area contributed by atoms with Gasteiger partial charge in [0, 0.05) is 35.1 Å². The molecule has 1 unspecified atom stereocenters. The van der Waals surface area contributed by atoms with E-state index in [0.29, 0.717) is 27.8 Å². The van der Waals surface area contributed by atoms with Crippen LogP contribution in [0.1, 0.15) is 71.0 Å². The summed E-state index contributed by atoms with van der Waals surface area (Å²) in [5.74, 6) is 0.155. The number of pyridine rings is 1. The van der Waals surface area contributed by atoms with Crippen molar-refractivity contribution in [2.75, 3.05) is 6.61 Å². The molecule has 0 bridgehead atoms. The third-order valence-electron chi connectivity index (χ3n) is 8.29. The first-order valence-electron chi connectivity index (χ1n) is 14.8. The van der Waals surface area contributed by atoms with Gasteiger partial charge in [0.25, 0.3) is 0 Å². The zero-order chi connectivity index (χ0) is 31.2. The van der Waals surface area contributed by atoms with Gasteiger partial charge in [-0.2, -0.15) is 5.26 Å².